The number of carbonyl (C=O) groups is 3. The van der Waals surface area contributed by atoms with Gasteiger partial charge in [0.05, 0.1) is 6.54 Å². The van der Waals surface area contributed by atoms with E-state index in [9.17, 15) is 14.4 Å². The van der Waals surface area contributed by atoms with Gasteiger partial charge < -0.3 is 10.6 Å². The molecule has 114 valence electrons. The maximum atomic E-state index is 11.6. The lowest BCUT2D eigenvalue weighted by molar-refractivity contribution is -0.131. The van der Waals surface area contributed by atoms with Crippen LogP contribution in [-0.2, 0) is 14.4 Å². The van der Waals surface area contributed by atoms with Crippen molar-refractivity contribution >= 4 is 35.0 Å². The van der Waals surface area contributed by atoms with Crippen molar-refractivity contribution in [1.29, 1.82) is 0 Å². The molecule has 0 aliphatic rings. The Bertz CT molecular complexity index is 522. The SMILES string of the molecule is O=C(CNC(=O)CCCC(=O)Nc1cccc(Cl)c1)NO. The minimum Gasteiger partial charge on any atom is -0.347 e. The topological polar surface area (TPSA) is 108 Å². The Morgan fingerprint density at radius 3 is 2.48 bits per heavy atom. The summed E-state index contributed by atoms with van der Waals surface area (Å²) in [6.45, 7) is -0.302. The Hall–Kier alpha value is -2.12. The molecule has 21 heavy (non-hydrogen) atoms. The predicted octanol–water partition coefficient (Wildman–Crippen LogP) is 1.07. The van der Waals surface area contributed by atoms with Crippen LogP contribution in [0.3, 0.4) is 0 Å². The van der Waals surface area contributed by atoms with Crippen LogP contribution in [0.2, 0.25) is 5.02 Å². The average Bonchev–Trinajstić information content (AvgIpc) is 2.44. The van der Waals surface area contributed by atoms with Gasteiger partial charge in [-0.15, -0.1) is 0 Å². The quantitative estimate of drug-likeness (QED) is 0.446. The van der Waals surface area contributed by atoms with Gasteiger partial charge in [-0.05, 0) is 24.6 Å². The highest BCUT2D eigenvalue weighted by atomic mass is 35.5. The lowest BCUT2D eigenvalue weighted by Crippen LogP contribution is -2.35. The molecule has 0 radical (unpaired) electrons. The van der Waals surface area contributed by atoms with E-state index in [-0.39, 0.29) is 31.2 Å². The number of halogens is 1. The molecule has 1 rings (SSSR count). The van der Waals surface area contributed by atoms with Crippen LogP contribution in [-0.4, -0.2) is 29.5 Å². The van der Waals surface area contributed by atoms with Gasteiger partial charge in [0.15, 0.2) is 0 Å². The van der Waals surface area contributed by atoms with Crippen LogP contribution in [0.25, 0.3) is 0 Å². The molecule has 0 aliphatic carbocycles. The van der Waals surface area contributed by atoms with E-state index in [2.05, 4.69) is 10.6 Å². The number of hydrogen-bond donors (Lipinski definition) is 4. The number of anilines is 1. The third kappa shape index (κ3) is 7.28. The minimum atomic E-state index is -0.706. The molecule has 0 heterocycles. The van der Waals surface area contributed by atoms with Crippen LogP contribution in [0.1, 0.15) is 19.3 Å². The van der Waals surface area contributed by atoms with Crippen LogP contribution in [0, 0.1) is 0 Å². The van der Waals surface area contributed by atoms with E-state index in [4.69, 9.17) is 16.8 Å². The summed E-state index contributed by atoms with van der Waals surface area (Å²) in [7, 11) is 0. The molecule has 0 saturated carbocycles. The minimum absolute atomic E-state index is 0.113. The van der Waals surface area contributed by atoms with E-state index in [0.717, 1.165) is 0 Å². The first-order valence-corrected chi connectivity index (χ1v) is 6.64. The molecular weight excluding hydrogens is 298 g/mol. The van der Waals surface area contributed by atoms with Gasteiger partial charge in [0.25, 0.3) is 5.91 Å². The Balaban J connectivity index is 2.21. The van der Waals surface area contributed by atoms with Crippen molar-refractivity contribution in [3.8, 4) is 0 Å². The number of rotatable bonds is 7. The van der Waals surface area contributed by atoms with Gasteiger partial charge in [-0.25, -0.2) is 5.48 Å². The summed E-state index contributed by atoms with van der Waals surface area (Å²) in [6, 6.07) is 6.76. The number of hydroxylamine groups is 1. The normalized spacial score (nSPS) is 9.81. The molecule has 7 nitrogen and oxygen atoms in total. The highest BCUT2D eigenvalue weighted by Gasteiger charge is 2.07. The molecule has 1 aromatic carbocycles. The van der Waals surface area contributed by atoms with Gasteiger partial charge in [-0.2, -0.15) is 0 Å². The Labute approximate surface area is 126 Å². The smallest absolute Gasteiger partial charge is 0.262 e. The third-order valence-corrected chi connectivity index (χ3v) is 2.72. The van der Waals surface area contributed by atoms with Crippen molar-refractivity contribution in [3.05, 3.63) is 29.3 Å². The van der Waals surface area contributed by atoms with Gasteiger partial charge in [0.1, 0.15) is 0 Å². The van der Waals surface area contributed by atoms with E-state index in [1.165, 1.54) is 5.48 Å². The van der Waals surface area contributed by atoms with Gasteiger partial charge in [-0.3, -0.25) is 19.6 Å². The number of amides is 3. The second-order valence-electron chi connectivity index (χ2n) is 4.22. The molecule has 0 aliphatic heterocycles. The van der Waals surface area contributed by atoms with Crippen LogP contribution < -0.4 is 16.1 Å². The van der Waals surface area contributed by atoms with Crippen molar-refractivity contribution in [2.24, 2.45) is 0 Å². The molecule has 0 spiro atoms. The summed E-state index contributed by atoms with van der Waals surface area (Å²) in [5.41, 5.74) is 1.99. The van der Waals surface area contributed by atoms with Gasteiger partial charge in [-0.1, -0.05) is 17.7 Å². The first-order valence-electron chi connectivity index (χ1n) is 6.26. The lowest BCUT2D eigenvalue weighted by atomic mass is 10.2. The molecule has 1 aromatic rings. The van der Waals surface area contributed by atoms with Crippen molar-refractivity contribution in [1.82, 2.24) is 10.8 Å². The van der Waals surface area contributed by atoms with E-state index < -0.39 is 5.91 Å². The Morgan fingerprint density at radius 2 is 1.81 bits per heavy atom. The highest BCUT2D eigenvalue weighted by molar-refractivity contribution is 6.30. The fourth-order valence-corrected chi connectivity index (χ4v) is 1.70. The molecule has 0 aromatic heterocycles. The molecule has 0 fully saturated rings. The van der Waals surface area contributed by atoms with Crippen LogP contribution in [0.4, 0.5) is 5.69 Å². The Morgan fingerprint density at radius 1 is 1.10 bits per heavy atom. The third-order valence-electron chi connectivity index (χ3n) is 2.49. The standard InChI is InChI=1S/C13H16ClN3O4/c14-9-3-1-4-10(7-9)16-12(19)6-2-5-11(18)15-8-13(20)17-21/h1,3-4,7,21H,2,5-6,8H2,(H,15,18)(H,16,19)(H,17,20). The summed E-state index contributed by atoms with van der Waals surface area (Å²) in [5, 5.41) is 13.7. The molecule has 4 N–H and O–H groups in total. The predicted molar refractivity (Wildman–Crippen MR) is 76.9 cm³/mol. The second-order valence-corrected chi connectivity index (χ2v) is 4.66. The summed E-state index contributed by atoms with van der Waals surface area (Å²) in [6.07, 6.45) is 0.632. The summed E-state index contributed by atoms with van der Waals surface area (Å²) in [4.78, 5) is 33.6. The van der Waals surface area contributed by atoms with Gasteiger partial charge >= 0.3 is 0 Å². The van der Waals surface area contributed by atoms with E-state index in [1.54, 1.807) is 24.3 Å². The largest absolute Gasteiger partial charge is 0.347 e. The zero-order valence-corrected chi connectivity index (χ0v) is 11.9. The first kappa shape index (κ1) is 16.9. The van der Waals surface area contributed by atoms with E-state index in [0.29, 0.717) is 17.1 Å². The zero-order chi connectivity index (χ0) is 15.7. The second kappa shape index (κ2) is 8.93. The van der Waals surface area contributed by atoms with E-state index in [1.807, 2.05) is 0 Å². The lowest BCUT2D eigenvalue weighted by Gasteiger charge is -2.06. The number of carbonyl (C=O) groups excluding carboxylic acids is 3. The van der Waals surface area contributed by atoms with Crippen molar-refractivity contribution < 1.29 is 19.6 Å². The van der Waals surface area contributed by atoms with E-state index >= 15 is 0 Å². The molecule has 3 amide bonds. The number of benzene rings is 1. The number of nitrogens with one attached hydrogen (secondary N) is 3. The zero-order valence-electron chi connectivity index (χ0n) is 11.2. The van der Waals surface area contributed by atoms with Crippen LogP contribution >= 0.6 is 11.6 Å². The Kier molecular flexibility index (Phi) is 7.20. The van der Waals surface area contributed by atoms with Gasteiger partial charge in [0.2, 0.25) is 11.8 Å². The summed E-state index contributed by atoms with van der Waals surface area (Å²) in [5.74, 6) is -1.30. The van der Waals surface area contributed by atoms with Crippen molar-refractivity contribution in [3.63, 3.8) is 0 Å². The summed E-state index contributed by atoms with van der Waals surface area (Å²) >= 11 is 5.79. The average molecular weight is 314 g/mol. The molecule has 0 unspecified atom stereocenters. The number of hydrogen-bond acceptors (Lipinski definition) is 4. The molecule has 0 saturated heterocycles. The monoisotopic (exact) mass is 313 g/mol. The summed E-state index contributed by atoms with van der Waals surface area (Å²) < 4.78 is 0. The maximum Gasteiger partial charge on any atom is 0.262 e. The molecule has 0 atom stereocenters. The van der Waals surface area contributed by atoms with Crippen molar-refractivity contribution in [2.45, 2.75) is 19.3 Å². The van der Waals surface area contributed by atoms with Crippen LogP contribution in [0.5, 0.6) is 0 Å². The first-order chi connectivity index (χ1) is 10.0. The fraction of sp³-hybridized carbons (Fsp3) is 0.308. The van der Waals surface area contributed by atoms with Crippen molar-refractivity contribution in [2.75, 3.05) is 11.9 Å². The molecule has 8 heteroatoms. The fourth-order valence-electron chi connectivity index (χ4n) is 1.51. The maximum absolute atomic E-state index is 11.6. The van der Waals surface area contributed by atoms with Gasteiger partial charge in [0, 0.05) is 23.6 Å². The molecule has 0 bridgehead atoms. The highest BCUT2D eigenvalue weighted by Crippen LogP contribution is 2.15. The molecular formula is C13H16ClN3O4. The van der Waals surface area contributed by atoms with Crippen LogP contribution in [0.15, 0.2) is 24.3 Å².